The van der Waals surface area contributed by atoms with Gasteiger partial charge in [0.1, 0.15) is 0 Å². The molecule has 1 saturated carbocycles. The maximum atomic E-state index is 10.8. The second kappa shape index (κ2) is 15.0. The molecule has 2 aliphatic rings. The number of aliphatic hydroxyl groups is 1. The van der Waals surface area contributed by atoms with Crippen LogP contribution in [0.3, 0.4) is 0 Å². The fourth-order valence-corrected chi connectivity index (χ4v) is 4.95. The number of carbonyl (C=O) groups is 1. The number of carboxylic acid groups (broad SMARTS) is 1. The highest BCUT2D eigenvalue weighted by Gasteiger charge is 2.43. The molecule has 0 amide bonds. The summed E-state index contributed by atoms with van der Waals surface area (Å²) in [6, 6.07) is 0. The molecule has 1 aliphatic carbocycles. The van der Waals surface area contributed by atoms with Crippen LogP contribution in [0.15, 0.2) is 12.2 Å². The molecule has 0 aromatic carbocycles. The van der Waals surface area contributed by atoms with Crippen LogP contribution in [0.25, 0.3) is 0 Å². The second-order valence-corrected chi connectivity index (χ2v) is 9.15. The molecule has 1 aliphatic heterocycles. The van der Waals surface area contributed by atoms with Crippen molar-refractivity contribution >= 4 is 5.97 Å². The Bertz CT molecular complexity index is 486. The molecule has 0 spiro atoms. The van der Waals surface area contributed by atoms with Gasteiger partial charge in [0.15, 0.2) is 6.29 Å². The standard InChI is InChI=1S/C25H44O5/c1-2-3-4-5-6-10-15-21-20(14-9-7-8-11-16-24(27)28)22(26)19-23(21)30-25-17-12-13-18-29-25/h7,9,20-23,25-26H,2-6,8,10-19H2,1H3,(H,27,28)/b9-7-/t20-,21-,22+,23-,25?/m1/s1. The molecule has 5 heteroatoms. The van der Waals surface area contributed by atoms with Gasteiger partial charge in [0, 0.05) is 19.4 Å². The summed E-state index contributed by atoms with van der Waals surface area (Å²) in [4.78, 5) is 10.6. The van der Waals surface area contributed by atoms with E-state index < -0.39 is 5.97 Å². The van der Waals surface area contributed by atoms with Crippen LogP contribution in [0, 0.1) is 11.8 Å². The number of aliphatic carboxylic acids is 1. The SMILES string of the molecule is CCCCCCCC[C@@H]1[C@@H](C/C=C\CCCC(=O)O)[C@@H](O)C[C@H]1OC1CCCCO1. The fraction of sp³-hybridized carbons (Fsp3) is 0.880. The Labute approximate surface area is 183 Å². The van der Waals surface area contributed by atoms with E-state index in [-0.39, 0.29) is 30.8 Å². The number of ether oxygens (including phenoxy) is 2. The molecule has 174 valence electrons. The van der Waals surface area contributed by atoms with Gasteiger partial charge in [-0.15, -0.1) is 0 Å². The Morgan fingerprint density at radius 2 is 1.87 bits per heavy atom. The van der Waals surface area contributed by atoms with Gasteiger partial charge in [-0.05, 0) is 56.8 Å². The van der Waals surface area contributed by atoms with E-state index in [0.29, 0.717) is 18.8 Å². The summed E-state index contributed by atoms with van der Waals surface area (Å²) in [5.74, 6) is -0.135. The normalized spacial score (nSPS) is 29.6. The third kappa shape index (κ3) is 9.49. The van der Waals surface area contributed by atoms with Crippen LogP contribution in [-0.4, -0.2) is 41.3 Å². The van der Waals surface area contributed by atoms with E-state index in [4.69, 9.17) is 14.6 Å². The van der Waals surface area contributed by atoms with Gasteiger partial charge in [0.05, 0.1) is 12.2 Å². The van der Waals surface area contributed by atoms with Crippen LogP contribution in [0.1, 0.15) is 103 Å². The highest BCUT2D eigenvalue weighted by molar-refractivity contribution is 5.66. The lowest BCUT2D eigenvalue weighted by Crippen LogP contribution is -2.31. The molecular formula is C25H44O5. The molecular weight excluding hydrogens is 380 g/mol. The second-order valence-electron chi connectivity index (χ2n) is 9.15. The molecule has 5 nitrogen and oxygen atoms in total. The van der Waals surface area contributed by atoms with Crippen LogP contribution < -0.4 is 0 Å². The summed E-state index contributed by atoms with van der Waals surface area (Å²) in [5, 5.41) is 19.5. The molecule has 1 unspecified atom stereocenters. The summed E-state index contributed by atoms with van der Waals surface area (Å²) in [5.41, 5.74) is 0. The van der Waals surface area contributed by atoms with Crippen molar-refractivity contribution in [3.63, 3.8) is 0 Å². The number of carboxylic acids is 1. The lowest BCUT2D eigenvalue weighted by Gasteiger charge is -2.30. The number of hydrogen-bond acceptors (Lipinski definition) is 4. The monoisotopic (exact) mass is 424 g/mol. The van der Waals surface area contributed by atoms with Crippen LogP contribution in [0.5, 0.6) is 0 Å². The van der Waals surface area contributed by atoms with Gasteiger partial charge in [-0.3, -0.25) is 4.79 Å². The zero-order valence-electron chi connectivity index (χ0n) is 19.0. The van der Waals surface area contributed by atoms with Gasteiger partial charge in [0.25, 0.3) is 0 Å². The molecule has 0 radical (unpaired) electrons. The average molecular weight is 425 g/mol. The van der Waals surface area contributed by atoms with Crippen molar-refractivity contribution in [1.29, 1.82) is 0 Å². The lowest BCUT2D eigenvalue weighted by molar-refractivity contribution is -0.196. The van der Waals surface area contributed by atoms with E-state index in [1.54, 1.807) is 0 Å². The van der Waals surface area contributed by atoms with Crippen LogP contribution in [0.4, 0.5) is 0 Å². The third-order valence-electron chi connectivity index (χ3n) is 6.69. The molecule has 2 fully saturated rings. The Morgan fingerprint density at radius 3 is 2.60 bits per heavy atom. The Morgan fingerprint density at radius 1 is 1.07 bits per heavy atom. The van der Waals surface area contributed by atoms with E-state index in [9.17, 15) is 9.90 Å². The third-order valence-corrected chi connectivity index (χ3v) is 6.69. The van der Waals surface area contributed by atoms with E-state index >= 15 is 0 Å². The molecule has 30 heavy (non-hydrogen) atoms. The van der Waals surface area contributed by atoms with Crippen LogP contribution in [-0.2, 0) is 14.3 Å². The predicted octanol–water partition coefficient (Wildman–Crippen LogP) is 5.85. The smallest absolute Gasteiger partial charge is 0.303 e. The van der Waals surface area contributed by atoms with E-state index in [2.05, 4.69) is 19.1 Å². The van der Waals surface area contributed by atoms with E-state index in [1.165, 1.54) is 38.5 Å². The summed E-state index contributed by atoms with van der Waals surface area (Å²) in [6.45, 7) is 3.03. The zero-order valence-corrected chi connectivity index (χ0v) is 19.0. The molecule has 1 saturated heterocycles. The minimum atomic E-state index is -0.737. The van der Waals surface area contributed by atoms with Crippen molar-refractivity contribution in [2.75, 3.05) is 6.61 Å². The first-order valence-corrected chi connectivity index (χ1v) is 12.4. The maximum absolute atomic E-state index is 10.8. The fourth-order valence-electron chi connectivity index (χ4n) is 4.95. The van der Waals surface area contributed by atoms with Crippen molar-refractivity contribution in [1.82, 2.24) is 0 Å². The quantitative estimate of drug-likeness (QED) is 0.255. The summed E-state index contributed by atoms with van der Waals surface area (Å²) >= 11 is 0. The Balaban J connectivity index is 1.85. The number of rotatable bonds is 15. The molecule has 0 aromatic rings. The summed E-state index contributed by atoms with van der Waals surface area (Å²) in [7, 11) is 0. The van der Waals surface area contributed by atoms with Crippen molar-refractivity contribution in [2.24, 2.45) is 11.8 Å². The summed E-state index contributed by atoms with van der Waals surface area (Å²) < 4.78 is 12.2. The predicted molar refractivity (Wildman–Crippen MR) is 119 cm³/mol. The molecule has 0 aromatic heterocycles. The number of aliphatic hydroxyl groups excluding tert-OH is 1. The van der Waals surface area contributed by atoms with Crippen LogP contribution in [0.2, 0.25) is 0 Å². The van der Waals surface area contributed by atoms with E-state index in [1.807, 2.05) is 0 Å². The largest absolute Gasteiger partial charge is 0.481 e. The first-order valence-electron chi connectivity index (χ1n) is 12.4. The maximum Gasteiger partial charge on any atom is 0.303 e. The Kier molecular flexibility index (Phi) is 12.7. The first kappa shape index (κ1) is 25.4. The minimum absolute atomic E-state index is 0.0872. The average Bonchev–Trinajstić information content (AvgIpc) is 3.02. The highest BCUT2D eigenvalue weighted by atomic mass is 16.7. The number of unbranched alkanes of at least 4 members (excludes halogenated alkanes) is 6. The van der Waals surface area contributed by atoms with Gasteiger partial charge in [-0.1, -0.05) is 57.6 Å². The Hall–Kier alpha value is -0.910. The number of hydrogen-bond donors (Lipinski definition) is 2. The molecule has 5 atom stereocenters. The molecule has 0 bridgehead atoms. The van der Waals surface area contributed by atoms with Crippen molar-refractivity contribution in [2.45, 2.75) is 122 Å². The van der Waals surface area contributed by atoms with Gasteiger partial charge < -0.3 is 19.7 Å². The molecule has 2 rings (SSSR count). The van der Waals surface area contributed by atoms with Gasteiger partial charge in [-0.2, -0.15) is 0 Å². The van der Waals surface area contributed by atoms with Crippen molar-refractivity contribution in [3.8, 4) is 0 Å². The van der Waals surface area contributed by atoms with E-state index in [0.717, 1.165) is 45.1 Å². The van der Waals surface area contributed by atoms with Gasteiger partial charge >= 0.3 is 5.97 Å². The zero-order chi connectivity index (χ0) is 21.6. The number of allylic oxidation sites excluding steroid dienone is 2. The lowest BCUT2D eigenvalue weighted by atomic mass is 9.86. The van der Waals surface area contributed by atoms with Gasteiger partial charge in [-0.25, -0.2) is 0 Å². The highest BCUT2D eigenvalue weighted by Crippen LogP contribution is 2.41. The summed E-state index contributed by atoms with van der Waals surface area (Å²) in [6.07, 6.45) is 19.1. The topological polar surface area (TPSA) is 76.0 Å². The van der Waals surface area contributed by atoms with Crippen LogP contribution >= 0.6 is 0 Å². The van der Waals surface area contributed by atoms with Gasteiger partial charge in [0.2, 0.25) is 0 Å². The van der Waals surface area contributed by atoms with Crippen molar-refractivity contribution in [3.05, 3.63) is 12.2 Å². The molecule has 2 N–H and O–H groups in total. The minimum Gasteiger partial charge on any atom is -0.481 e. The molecule has 1 heterocycles. The first-order chi connectivity index (χ1) is 14.6. The van der Waals surface area contributed by atoms with Crippen molar-refractivity contribution < 1.29 is 24.5 Å².